The van der Waals surface area contributed by atoms with Crippen LogP contribution in [0.25, 0.3) is 0 Å². The lowest BCUT2D eigenvalue weighted by molar-refractivity contribution is -0.384. The Bertz CT molecular complexity index is 761. The highest BCUT2D eigenvalue weighted by atomic mass is 35.5. The number of aliphatic imine (C=N–C) groups is 1. The SMILES string of the molecule is O=[N+]([O-])c1cc(C=Nc2ccc3c(c2)OCCO3)ccc1Cl. The van der Waals surface area contributed by atoms with Gasteiger partial charge in [-0.25, -0.2) is 0 Å². The van der Waals surface area contributed by atoms with E-state index < -0.39 is 4.92 Å². The quantitative estimate of drug-likeness (QED) is 0.490. The summed E-state index contributed by atoms with van der Waals surface area (Å²) in [6.45, 7) is 1.04. The van der Waals surface area contributed by atoms with Gasteiger partial charge in [-0.05, 0) is 23.8 Å². The first-order valence-electron chi connectivity index (χ1n) is 6.51. The summed E-state index contributed by atoms with van der Waals surface area (Å²) < 4.78 is 10.9. The third-order valence-corrected chi connectivity index (χ3v) is 3.37. The predicted molar refractivity (Wildman–Crippen MR) is 82.8 cm³/mol. The summed E-state index contributed by atoms with van der Waals surface area (Å²) in [6, 6.07) is 9.85. The van der Waals surface area contributed by atoms with E-state index in [1.807, 2.05) is 0 Å². The predicted octanol–water partition coefficient (Wildman–Crippen LogP) is 3.77. The molecule has 0 N–H and O–H groups in total. The van der Waals surface area contributed by atoms with Gasteiger partial charge < -0.3 is 9.47 Å². The molecule has 0 saturated carbocycles. The third kappa shape index (κ3) is 3.01. The molecule has 0 spiro atoms. The molecule has 0 saturated heterocycles. The molecule has 2 aromatic rings. The number of halogens is 1. The van der Waals surface area contributed by atoms with E-state index in [4.69, 9.17) is 21.1 Å². The molecule has 112 valence electrons. The van der Waals surface area contributed by atoms with Crippen LogP contribution < -0.4 is 9.47 Å². The van der Waals surface area contributed by atoms with Gasteiger partial charge in [-0.2, -0.15) is 0 Å². The largest absolute Gasteiger partial charge is 0.486 e. The van der Waals surface area contributed by atoms with Gasteiger partial charge in [-0.3, -0.25) is 15.1 Å². The smallest absolute Gasteiger partial charge is 0.288 e. The molecule has 0 bridgehead atoms. The van der Waals surface area contributed by atoms with E-state index in [-0.39, 0.29) is 10.7 Å². The molecule has 0 radical (unpaired) electrons. The molecule has 7 heteroatoms. The summed E-state index contributed by atoms with van der Waals surface area (Å²) in [6.07, 6.45) is 1.54. The first-order chi connectivity index (χ1) is 10.6. The van der Waals surface area contributed by atoms with E-state index in [1.165, 1.54) is 18.3 Å². The summed E-state index contributed by atoms with van der Waals surface area (Å²) in [4.78, 5) is 14.6. The average Bonchev–Trinajstić information content (AvgIpc) is 2.53. The average molecular weight is 319 g/mol. The molecule has 6 nitrogen and oxygen atoms in total. The van der Waals surface area contributed by atoms with Crippen LogP contribution in [0.3, 0.4) is 0 Å². The van der Waals surface area contributed by atoms with Gasteiger partial charge in [0.15, 0.2) is 11.5 Å². The Kier molecular flexibility index (Phi) is 3.93. The van der Waals surface area contributed by atoms with Crippen LogP contribution in [-0.4, -0.2) is 24.4 Å². The van der Waals surface area contributed by atoms with Crippen molar-refractivity contribution in [3.05, 3.63) is 57.1 Å². The van der Waals surface area contributed by atoms with E-state index in [1.54, 1.807) is 24.3 Å². The van der Waals surface area contributed by atoms with Gasteiger partial charge in [-0.15, -0.1) is 0 Å². The minimum atomic E-state index is -0.524. The van der Waals surface area contributed by atoms with Gasteiger partial charge in [0.2, 0.25) is 0 Å². The van der Waals surface area contributed by atoms with Crippen LogP contribution >= 0.6 is 11.6 Å². The van der Waals surface area contributed by atoms with Gasteiger partial charge in [0.05, 0.1) is 10.6 Å². The second-order valence-electron chi connectivity index (χ2n) is 4.55. The van der Waals surface area contributed by atoms with Crippen molar-refractivity contribution in [2.75, 3.05) is 13.2 Å². The van der Waals surface area contributed by atoms with Gasteiger partial charge in [-0.1, -0.05) is 17.7 Å². The molecule has 0 aromatic heterocycles. The minimum Gasteiger partial charge on any atom is -0.486 e. The van der Waals surface area contributed by atoms with Crippen LogP contribution in [0.15, 0.2) is 41.4 Å². The fourth-order valence-corrected chi connectivity index (χ4v) is 2.20. The Hall–Kier alpha value is -2.60. The van der Waals surface area contributed by atoms with Crippen LogP contribution in [0.1, 0.15) is 5.56 Å². The molecule has 1 aliphatic heterocycles. The normalized spacial score (nSPS) is 13.3. The maximum Gasteiger partial charge on any atom is 0.288 e. The first-order valence-corrected chi connectivity index (χ1v) is 6.89. The lowest BCUT2D eigenvalue weighted by Crippen LogP contribution is -2.14. The number of nitro benzene ring substituents is 1. The van der Waals surface area contributed by atoms with Crippen molar-refractivity contribution in [1.82, 2.24) is 0 Å². The molecule has 0 fully saturated rings. The number of hydrogen-bond donors (Lipinski definition) is 0. The van der Waals surface area contributed by atoms with Crippen molar-refractivity contribution in [1.29, 1.82) is 0 Å². The Balaban J connectivity index is 1.85. The van der Waals surface area contributed by atoms with E-state index in [0.29, 0.717) is 36.0 Å². The van der Waals surface area contributed by atoms with Crippen LogP contribution in [0.2, 0.25) is 5.02 Å². The molecular weight excluding hydrogens is 308 g/mol. The number of benzene rings is 2. The second-order valence-corrected chi connectivity index (χ2v) is 4.96. The highest BCUT2D eigenvalue weighted by Crippen LogP contribution is 2.33. The Morgan fingerprint density at radius 2 is 1.91 bits per heavy atom. The second kappa shape index (κ2) is 6.03. The number of hydrogen-bond acceptors (Lipinski definition) is 5. The Morgan fingerprint density at radius 3 is 2.68 bits per heavy atom. The molecule has 0 aliphatic carbocycles. The number of fused-ring (bicyclic) bond motifs is 1. The van der Waals surface area contributed by atoms with Gasteiger partial charge in [0, 0.05) is 18.3 Å². The molecular formula is C15H11ClN2O4. The van der Waals surface area contributed by atoms with Crippen LogP contribution in [0.5, 0.6) is 11.5 Å². The van der Waals surface area contributed by atoms with Crippen molar-refractivity contribution in [2.24, 2.45) is 4.99 Å². The van der Waals surface area contributed by atoms with Gasteiger partial charge >= 0.3 is 0 Å². The molecule has 0 amide bonds. The van der Waals surface area contributed by atoms with Gasteiger partial charge in [0.25, 0.3) is 5.69 Å². The molecule has 1 heterocycles. The molecule has 3 rings (SSSR count). The Morgan fingerprint density at radius 1 is 1.14 bits per heavy atom. The summed E-state index contributed by atoms with van der Waals surface area (Å²) >= 11 is 5.77. The van der Waals surface area contributed by atoms with Crippen molar-refractivity contribution in [3.63, 3.8) is 0 Å². The number of ether oxygens (including phenoxy) is 2. The fourth-order valence-electron chi connectivity index (χ4n) is 2.01. The number of rotatable bonds is 3. The number of nitro groups is 1. The number of nitrogens with zero attached hydrogens (tertiary/aromatic N) is 2. The Labute approximate surface area is 131 Å². The highest BCUT2D eigenvalue weighted by molar-refractivity contribution is 6.32. The van der Waals surface area contributed by atoms with Crippen LogP contribution in [-0.2, 0) is 0 Å². The topological polar surface area (TPSA) is 74.0 Å². The fraction of sp³-hybridized carbons (Fsp3) is 0.133. The maximum atomic E-state index is 10.9. The summed E-state index contributed by atoms with van der Waals surface area (Å²) in [7, 11) is 0. The molecule has 22 heavy (non-hydrogen) atoms. The highest BCUT2D eigenvalue weighted by Gasteiger charge is 2.13. The zero-order valence-corrected chi connectivity index (χ0v) is 12.1. The lowest BCUT2D eigenvalue weighted by atomic mass is 10.2. The van der Waals surface area contributed by atoms with Crippen molar-refractivity contribution in [3.8, 4) is 11.5 Å². The molecule has 2 aromatic carbocycles. The van der Waals surface area contributed by atoms with Crippen molar-refractivity contribution in [2.45, 2.75) is 0 Å². The summed E-state index contributed by atoms with van der Waals surface area (Å²) in [5, 5.41) is 11.0. The molecule has 1 aliphatic rings. The molecule has 0 atom stereocenters. The van der Waals surface area contributed by atoms with E-state index in [0.717, 1.165) is 0 Å². The zero-order chi connectivity index (χ0) is 15.5. The summed E-state index contributed by atoms with van der Waals surface area (Å²) in [5.41, 5.74) is 1.11. The monoisotopic (exact) mass is 318 g/mol. The third-order valence-electron chi connectivity index (χ3n) is 3.06. The minimum absolute atomic E-state index is 0.0986. The van der Waals surface area contributed by atoms with Crippen LogP contribution in [0, 0.1) is 10.1 Å². The summed E-state index contributed by atoms with van der Waals surface area (Å²) in [5.74, 6) is 1.33. The van der Waals surface area contributed by atoms with Crippen molar-refractivity contribution < 1.29 is 14.4 Å². The maximum absolute atomic E-state index is 10.9. The van der Waals surface area contributed by atoms with Crippen molar-refractivity contribution >= 4 is 29.2 Å². The lowest BCUT2D eigenvalue weighted by Gasteiger charge is -2.18. The molecule has 0 unspecified atom stereocenters. The first kappa shape index (κ1) is 14.3. The van der Waals surface area contributed by atoms with Gasteiger partial charge in [0.1, 0.15) is 18.2 Å². The van der Waals surface area contributed by atoms with Crippen LogP contribution in [0.4, 0.5) is 11.4 Å². The van der Waals surface area contributed by atoms with E-state index >= 15 is 0 Å². The zero-order valence-electron chi connectivity index (χ0n) is 11.4. The standard InChI is InChI=1S/C15H11ClN2O4/c16-12-3-1-10(7-13(12)18(19)20)9-17-11-2-4-14-15(8-11)22-6-5-21-14/h1-4,7-9H,5-6H2. The van der Waals surface area contributed by atoms with E-state index in [2.05, 4.69) is 4.99 Å². The van der Waals surface area contributed by atoms with E-state index in [9.17, 15) is 10.1 Å².